The van der Waals surface area contributed by atoms with E-state index >= 15 is 0 Å². The number of methoxy groups -OCH3 is 1. The number of ether oxygens (including phenoxy) is 1. The van der Waals surface area contributed by atoms with E-state index in [4.69, 9.17) is 4.74 Å². The monoisotopic (exact) mass is 284 g/mol. The Balaban J connectivity index is 1.80. The predicted octanol–water partition coefficient (Wildman–Crippen LogP) is 2.50. The molecular formula is C12H17BrN2O. The second kappa shape index (κ2) is 5.75. The van der Waals surface area contributed by atoms with Gasteiger partial charge in [-0.25, -0.2) is 4.98 Å². The fourth-order valence-corrected chi connectivity index (χ4v) is 2.52. The molecule has 0 spiro atoms. The first-order valence-electron chi connectivity index (χ1n) is 5.65. The van der Waals surface area contributed by atoms with E-state index in [-0.39, 0.29) is 0 Å². The largest absolute Gasteiger partial charge is 0.381 e. The van der Waals surface area contributed by atoms with E-state index in [1.165, 1.54) is 12.8 Å². The van der Waals surface area contributed by atoms with Gasteiger partial charge in [0, 0.05) is 19.7 Å². The molecule has 0 amide bonds. The number of nitrogens with zero attached hydrogens (tertiary/aromatic N) is 1. The van der Waals surface area contributed by atoms with Gasteiger partial charge in [-0.2, -0.15) is 0 Å². The van der Waals surface area contributed by atoms with Crippen molar-refractivity contribution in [1.29, 1.82) is 0 Å². The number of hydrogen-bond acceptors (Lipinski definition) is 3. The number of rotatable bonds is 4. The standard InChI is InChI=1S/C12H17BrN2O/c1-16-11-6-5-9(7-11)14-8-10-3-2-4-12(13)15-10/h2-4,9,11,14H,5-8H2,1H3. The molecule has 0 radical (unpaired) electrons. The molecule has 1 saturated carbocycles. The minimum Gasteiger partial charge on any atom is -0.381 e. The molecule has 1 aromatic heterocycles. The lowest BCUT2D eigenvalue weighted by molar-refractivity contribution is 0.107. The maximum Gasteiger partial charge on any atom is 0.106 e. The quantitative estimate of drug-likeness (QED) is 0.863. The second-order valence-electron chi connectivity index (χ2n) is 4.20. The third-order valence-corrected chi connectivity index (χ3v) is 3.50. The van der Waals surface area contributed by atoms with Gasteiger partial charge in [0.05, 0.1) is 11.8 Å². The van der Waals surface area contributed by atoms with Crippen LogP contribution in [0.1, 0.15) is 25.0 Å². The van der Waals surface area contributed by atoms with E-state index in [1.807, 2.05) is 18.2 Å². The Morgan fingerprint density at radius 1 is 1.50 bits per heavy atom. The van der Waals surface area contributed by atoms with Crippen molar-refractivity contribution in [3.8, 4) is 0 Å². The molecule has 0 aromatic carbocycles. The highest BCUT2D eigenvalue weighted by Crippen LogP contribution is 2.21. The molecule has 1 aliphatic carbocycles. The fourth-order valence-electron chi connectivity index (χ4n) is 2.14. The van der Waals surface area contributed by atoms with Crippen LogP contribution in [0.15, 0.2) is 22.8 Å². The number of pyridine rings is 1. The molecule has 1 aliphatic rings. The Labute approximate surface area is 105 Å². The van der Waals surface area contributed by atoms with Crippen LogP contribution < -0.4 is 5.32 Å². The van der Waals surface area contributed by atoms with Crippen molar-refractivity contribution in [1.82, 2.24) is 10.3 Å². The minimum absolute atomic E-state index is 0.438. The summed E-state index contributed by atoms with van der Waals surface area (Å²) in [4.78, 5) is 4.40. The number of halogens is 1. The summed E-state index contributed by atoms with van der Waals surface area (Å²) in [6.07, 6.45) is 3.92. The van der Waals surface area contributed by atoms with Crippen LogP contribution in [0.5, 0.6) is 0 Å². The Morgan fingerprint density at radius 2 is 2.38 bits per heavy atom. The number of aromatic nitrogens is 1. The highest BCUT2D eigenvalue weighted by molar-refractivity contribution is 9.10. The normalized spacial score (nSPS) is 24.9. The summed E-state index contributed by atoms with van der Waals surface area (Å²) in [7, 11) is 1.79. The molecule has 1 heterocycles. The zero-order valence-electron chi connectivity index (χ0n) is 9.45. The van der Waals surface area contributed by atoms with E-state index in [0.29, 0.717) is 12.1 Å². The lowest BCUT2D eigenvalue weighted by Crippen LogP contribution is -2.27. The average Bonchev–Trinajstić information content (AvgIpc) is 2.74. The van der Waals surface area contributed by atoms with Crippen LogP contribution in [0.4, 0.5) is 0 Å². The van der Waals surface area contributed by atoms with Crippen molar-refractivity contribution in [2.75, 3.05) is 7.11 Å². The molecule has 2 rings (SSSR count). The van der Waals surface area contributed by atoms with Crippen LogP contribution in [0.25, 0.3) is 0 Å². The van der Waals surface area contributed by atoms with Gasteiger partial charge in [-0.05, 0) is 47.3 Å². The minimum atomic E-state index is 0.438. The summed E-state index contributed by atoms with van der Waals surface area (Å²) in [6, 6.07) is 6.58. The van der Waals surface area contributed by atoms with Gasteiger partial charge in [0.15, 0.2) is 0 Å². The molecule has 0 bridgehead atoms. The first-order valence-corrected chi connectivity index (χ1v) is 6.45. The van der Waals surface area contributed by atoms with Crippen molar-refractivity contribution >= 4 is 15.9 Å². The highest BCUT2D eigenvalue weighted by Gasteiger charge is 2.23. The molecule has 2 unspecified atom stereocenters. The second-order valence-corrected chi connectivity index (χ2v) is 5.01. The SMILES string of the molecule is COC1CCC(NCc2cccc(Br)n2)C1. The van der Waals surface area contributed by atoms with Crippen LogP contribution >= 0.6 is 15.9 Å². The first kappa shape index (κ1) is 12.0. The third kappa shape index (κ3) is 3.27. The molecule has 1 N–H and O–H groups in total. The highest BCUT2D eigenvalue weighted by atomic mass is 79.9. The van der Waals surface area contributed by atoms with Crippen LogP contribution in [-0.4, -0.2) is 24.2 Å². The van der Waals surface area contributed by atoms with Gasteiger partial charge in [-0.1, -0.05) is 6.07 Å². The molecule has 0 saturated heterocycles. The topological polar surface area (TPSA) is 34.1 Å². The maximum atomic E-state index is 5.35. The van der Waals surface area contributed by atoms with Crippen LogP contribution in [0.2, 0.25) is 0 Å². The Hall–Kier alpha value is -0.450. The zero-order chi connectivity index (χ0) is 11.4. The molecule has 3 nitrogen and oxygen atoms in total. The maximum absolute atomic E-state index is 5.35. The van der Waals surface area contributed by atoms with E-state index in [1.54, 1.807) is 7.11 Å². The molecule has 0 aliphatic heterocycles. The summed E-state index contributed by atoms with van der Waals surface area (Å²) in [6.45, 7) is 0.834. The summed E-state index contributed by atoms with van der Waals surface area (Å²) in [5.41, 5.74) is 1.08. The fraction of sp³-hybridized carbons (Fsp3) is 0.583. The van der Waals surface area contributed by atoms with Gasteiger partial charge in [-0.3, -0.25) is 0 Å². The molecular weight excluding hydrogens is 268 g/mol. The first-order chi connectivity index (χ1) is 7.78. The number of nitrogens with one attached hydrogen (secondary N) is 1. The lowest BCUT2D eigenvalue weighted by Gasteiger charge is -2.12. The summed E-state index contributed by atoms with van der Waals surface area (Å²) >= 11 is 3.38. The summed E-state index contributed by atoms with van der Waals surface area (Å²) in [5.74, 6) is 0. The van der Waals surface area contributed by atoms with Crippen LogP contribution in [0.3, 0.4) is 0 Å². The molecule has 2 atom stereocenters. The van der Waals surface area contributed by atoms with Crippen molar-refractivity contribution in [2.24, 2.45) is 0 Å². The summed E-state index contributed by atoms with van der Waals surface area (Å²) < 4.78 is 6.25. The van der Waals surface area contributed by atoms with E-state index in [2.05, 4.69) is 26.2 Å². The average molecular weight is 285 g/mol. The lowest BCUT2D eigenvalue weighted by atomic mass is 10.2. The van der Waals surface area contributed by atoms with Gasteiger partial charge in [0.1, 0.15) is 4.60 Å². The van der Waals surface area contributed by atoms with Crippen molar-refractivity contribution in [3.05, 3.63) is 28.5 Å². The van der Waals surface area contributed by atoms with Gasteiger partial charge < -0.3 is 10.1 Å². The Bertz CT molecular complexity index is 346. The summed E-state index contributed by atoms with van der Waals surface area (Å²) in [5, 5.41) is 3.53. The van der Waals surface area contributed by atoms with Gasteiger partial charge in [0.25, 0.3) is 0 Å². The smallest absolute Gasteiger partial charge is 0.106 e. The molecule has 88 valence electrons. The van der Waals surface area contributed by atoms with E-state index in [0.717, 1.165) is 23.3 Å². The molecule has 1 fully saturated rings. The van der Waals surface area contributed by atoms with Crippen molar-refractivity contribution < 1.29 is 4.74 Å². The van der Waals surface area contributed by atoms with Gasteiger partial charge in [-0.15, -0.1) is 0 Å². The van der Waals surface area contributed by atoms with E-state index < -0.39 is 0 Å². The molecule has 4 heteroatoms. The van der Waals surface area contributed by atoms with Crippen LogP contribution in [0, 0.1) is 0 Å². The molecule has 16 heavy (non-hydrogen) atoms. The zero-order valence-corrected chi connectivity index (χ0v) is 11.0. The Morgan fingerprint density at radius 3 is 3.06 bits per heavy atom. The van der Waals surface area contributed by atoms with Crippen molar-refractivity contribution in [2.45, 2.75) is 38.0 Å². The predicted molar refractivity (Wildman–Crippen MR) is 67.2 cm³/mol. The molecule has 1 aromatic rings. The van der Waals surface area contributed by atoms with Gasteiger partial charge in [0.2, 0.25) is 0 Å². The van der Waals surface area contributed by atoms with Crippen molar-refractivity contribution in [3.63, 3.8) is 0 Å². The number of hydrogen-bond donors (Lipinski definition) is 1. The third-order valence-electron chi connectivity index (χ3n) is 3.06. The van der Waals surface area contributed by atoms with Crippen LogP contribution in [-0.2, 0) is 11.3 Å². The Kier molecular flexibility index (Phi) is 4.32. The van der Waals surface area contributed by atoms with E-state index in [9.17, 15) is 0 Å². The van der Waals surface area contributed by atoms with Gasteiger partial charge >= 0.3 is 0 Å².